The highest BCUT2D eigenvalue weighted by atomic mass is 35.5. The molecule has 144 valence electrons. The standard InChI is InChI=1S/C20H28N2O3.ClH/c1-16-5-2-11-21(16)13-4-14-25-18-9-7-17(8-10-18)19(23)15-22-12-3-6-20(22)24;/h7-10,16H,2-6,11-15H2,1H3;1H/t16-;/m1./s1. The van der Waals surface area contributed by atoms with E-state index >= 15 is 0 Å². The first kappa shape index (κ1) is 20.7. The minimum absolute atomic E-state index is 0. The summed E-state index contributed by atoms with van der Waals surface area (Å²) in [6.45, 7) is 6.16. The summed E-state index contributed by atoms with van der Waals surface area (Å²) in [6.07, 6.45) is 5.05. The second-order valence-electron chi connectivity index (χ2n) is 7.10. The maximum Gasteiger partial charge on any atom is 0.223 e. The van der Waals surface area contributed by atoms with Crippen molar-refractivity contribution in [2.75, 3.05) is 32.8 Å². The van der Waals surface area contributed by atoms with Gasteiger partial charge in [0.25, 0.3) is 0 Å². The topological polar surface area (TPSA) is 49.9 Å². The molecule has 5 nitrogen and oxygen atoms in total. The molecule has 2 fully saturated rings. The number of halogens is 1. The Morgan fingerprint density at radius 3 is 2.58 bits per heavy atom. The third-order valence-corrected chi connectivity index (χ3v) is 5.23. The van der Waals surface area contributed by atoms with E-state index in [2.05, 4.69) is 11.8 Å². The molecule has 1 aromatic rings. The number of hydrogen-bond donors (Lipinski definition) is 0. The zero-order valence-corrected chi connectivity index (χ0v) is 16.3. The SMILES string of the molecule is C[C@@H]1CCCN1CCCOc1ccc(C(=O)CN2CCCC2=O)cc1.Cl. The lowest BCUT2D eigenvalue weighted by Gasteiger charge is -2.20. The maximum absolute atomic E-state index is 12.3. The van der Waals surface area contributed by atoms with Crippen molar-refractivity contribution in [3.05, 3.63) is 29.8 Å². The first-order valence-electron chi connectivity index (χ1n) is 9.41. The number of carbonyl (C=O) groups is 2. The van der Waals surface area contributed by atoms with Crippen LogP contribution in [-0.2, 0) is 4.79 Å². The van der Waals surface area contributed by atoms with Gasteiger partial charge >= 0.3 is 0 Å². The number of ether oxygens (including phenoxy) is 1. The summed E-state index contributed by atoms with van der Waals surface area (Å²) < 4.78 is 5.78. The van der Waals surface area contributed by atoms with Gasteiger partial charge in [0.2, 0.25) is 5.91 Å². The van der Waals surface area contributed by atoms with Crippen LogP contribution in [0.5, 0.6) is 5.75 Å². The van der Waals surface area contributed by atoms with Crippen LogP contribution >= 0.6 is 12.4 Å². The van der Waals surface area contributed by atoms with E-state index in [9.17, 15) is 9.59 Å². The molecule has 0 N–H and O–H groups in total. The van der Waals surface area contributed by atoms with Crippen LogP contribution in [0.15, 0.2) is 24.3 Å². The largest absolute Gasteiger partial charge is 0.494 e. The Labute approximate surface area is 162 Å². The molecule has 26 heavy (non-hydrogen) atoms. The predicted molar refractivity (Wildman–Crippen MR) is 104 cm³/mol. The van der Waals surface area contributed by atoms with Gasteiger partial charge in [-0.25, -0.2) is 0 Å². The van der Waals surface area contributed by atoms with Gasteiger partial charge in [0.1, 0.15) is 5.75 Å². The molecule has 2 saturated heterocycles. The predicted octanol–water partition coefficient (Wildman–Crippen LogP) is 3.17. The molecule has 0 spiro atoms. The molecular formula is C20H29ClN2O3. The summed E-state index contributed by atoms with van der Waals surface area (Å²) in [6, 6.07) is 7.98. The number of rotatable bonds is 8. The molecular weight excluding hydrogens is 352 g/mol. The molecule has 6 heteroatoms. The summed E-state index contributed by atoms with van der Waals surface area (Å²) in [4.78, 5) is 28.0. The summed E-state index contributed by atoms with van der Waals surface area (Å²) in [5.74, 6) is 0.869. The van der Waals surface area contributed by atoms with Crippen molar-refractivity contribution in [2.24, 2.45) is 0 Å². The summed E-state index contributed by atoms with van der Waals surface area (Å²) in [5.41, 5.74) is 0.637. The highest BCUT2D eigenvalue weighted by Gasteiger charge is 2.23. The van der Waals surface area contributed by atoms with E-state index in [1.807, 2.05) is 12.1 Å². The van der Waals surface area contributed by atoms with E-state index in [0.717, 1.165) is 25.1 Å². The molecule has 0 unspecified atom stereocenters. The molecule has 1 aromatic carbocycles. The number of Topliss-reactive ketones (excluding diaryl/α,β-unsaturated/α-hetero) is 1. The minimum Gasteiger partial charge on any atom is -0.494 e. The summed E-state index contributed by atoms with van der Waals surface area (Å²) in [7, 11) is 0. The molecule has 2 aliphatic heterocycles. The Morgan fingerprint density at radius 2 is 1.96 bits per heavy atom. The molecule has 1 atom stereocenters. The van der Waals surface area contributed by atoms with Crippen LogP contribution in [0.2, 0.25) is 0 Å². The second-order valence-corrected chi connectivity index (χ2v) is 7.10. The first-order valence-corrected chi connectivity index (χ1v) is 9.41. The summed E-state index contributed by atoms with van der Waals surface area (Å²) >= 11 is 0. The molecule has 0 radical (unpaired) electrons. The third-order valence-electron chi connectivity index (χ3n) is 5.23. The Balaban J connectivity index is 0.00000243. The molecule has 2 heterocycles. The third kappa shape index (κ3) is 5.45. The molecule has 0 aromatic heterocycles. The van der Waals surface area contributed by atoms with Gasteiger partial charge in [-0.05, 0) is 63.4 Å². The normalized spacial score (nSPS) is 20.3. The van der Waals surface area contributed by atoms with Crippen LogP contribution < -0.4 is 4.74 Å². The van der Waals surface area contributed by atoms with Crippen molar-refractivity contribution in [3.63, 3.8) is 0 Å². The van der Waals surface area contributed by atoms with Crippen LogP contribution in [0.1, 0.15) is 49.4 Å². The zero-order chi connectivity index (χ0) is 17.6. The number of hydrogen-bond acceptors (Lipinski definition) is 4. The number of amides is 1. The van der Waals surface area contributed by atoms with Crippen molar-refractivity contribution >= 4 is 24.1 Å². The lowest BCUT2D eigenvalue weighted by atomic mass is 10.1. The van der Waals surface area contributed by atoms with E-state index in [0.29, 0.717) is 31.2 Å². The van der Waals surface area contributed by atoms with Crippen molar-refractivity contribution in [2.45, 2.75) is 45.1 Å². The van der Waals surface area contributed by atoms with Crippen LogP contribution in [0.25, 0.3) is 0 Å². The molecule has 0 bridgehead atoms. The zero-order valence-electron chi connectivity index (χ0n) is 15.5. The van der Waals surface area contributed by atoms with Crippen molar-refractivity contribution in [1.82, 2.24) is 9.80 Å². The van der Waals surface area contributed by atoms with Gasteiger partial charge in [-0.3, -0.25) is 9.59 Å². The van der Waals surface area contributed by atoms with Crippen molar-refractivity contribution in [3.8, 4) is 5.75 Å². The fourth-order valence-corrected chi connectivity index (χ4v) is 3.66. The van der Waals surface area contributed by atoms with E-state index < -0.39 is 0 Å². The Morgan fingerprint density at radius 1 is 1.19 bits per heavy atom. The second kappa shape index (κ2) is 9.93. The van der Waals surface area contributed by atoms with Crippen molar-refractivity contribution < 1.29 is 14.3 Å². The molecule has 0 aliphatic carbocycles. The van der Waals surface area contributed by atoms with Crippen LogP contribution in [-0.4, -0.2) is 60.3 Å². The number of likely N-dealkylation sites (tertiary alicyclic amines) is 2. The van der Waals surface area contributed by atoms with Gasteiger partial charge in [0.15, 0.2) is 5.78 Å². The quantitative estimate of drug-likeness (QED) is 0.513. The number of benzene rings is 1. The van der Waals surface area contributed by atoms with Gasteiger partial charge in [-0.2, -0.15) is 0 Å². The number of carbonyl (C=O) groups excluding carboxylic acids is 2. The van der Waals surface area contributed by atoms with Crippen molar-refractivity contribution in [1.29, 1.82) is 0 Å². The maximum atomic E-state index is 12.3. The Kier molecular flexibility index (Phi) is 7.91. The molecule has 3 rings (SSSR count). The fraction of sp³-hybridized carbons (Fsp3) is 0.600. The van der Waals surface area contributed by atoms with Gasteiger partial charge in [0.05, 0.1) is 13.2 Å². The molecule has 0 saturated carbocycles. The monoisotopic (exact) mass is 380 g/mol. The van der Waals surface area contributed by atoms with E-state index in [1.165, 1.54) is 19.4 Å². The summed E-state index contributed by atoms with van der Waals surface area (Å²) in [5, 5.41) is 0. The van der Waals surface area contributed by atoms with Crippen LogP contribution in [0.3, 0.4) is 0 Å². The smallest absolute Gasteiger partial charge is 0.223 e. The van der Waals surface area contributed by atoms with Gasteiger partial charge in [0, 0.05) is 31.1 Å². The lowest BCUT2D eigenvalue weighted by molar-refractivity contribution is -0.127. The molecule has 2 aliphatic rings. The highest BCUT2D eigenvalue weighted by Crippen LogP contribution is 2.17. The average molecular weight is 381 g/mol. The average Bonchev–Trinajstić information content (AvgIpc) is 3.21. The van der Waals surface area contributed by atoms with Crippen LogP contribution in [0.4, 0.5) is 0 Å². The van der Waals surface area contributed by atoms with E-state index in [1.54, 1.807) is 17.0 Å². The lowest BCUT2D eigenvalue weighted by Crippen LogP contribution is -2.30. The fourth-order valence-electron chi connectivity index (χ4n) is 3.66. The highest BCUT2D eigenvalue weighted by molar-refractivity contribution is 5.99. The van der Waals surface area contributed by atoms with E-state index in [4.69, 9.17) is 4.74 Å². The van der Waals surface area contributed by atoms with Gasteiger partial charge in [-0.1, -0.05) is 0 Å². The van der Waals surface area contributed by atoms with Gasteiger partial charge < -0.3 is 14.5 Å². The minimum atomic E-state index is -0.00942. The first-order chi connectivity index (χ1) is 12.1. The van der Waals surface area contributed by atoms with E-state index in [-0.39, 0.29) is 30.6 Å². The van der Waals surface area contributed by atoms with Crippen LogP contribution in [0, 0.1) is 0 Å². The number of nitrogens with zero attached hydrogens (tertiary/aromatic N) is 2. The number of ketones is 1. The Hall–Kier alpha value is -1.59. The van der Waals surface area contributed by atoms with Gasteiger partial charge in [-0.15, -0.1) is 12.4 Å². The Bertz CT molecular complexity index is 606. The molecule has 1 amide bonds.